The van der Waals surface area contributed by atoms with Gasteiger partial charge >= 0.3 is 0 Å². The quantitative estimate of drug-likeness (QED) is 0.735. The smallest absolute Gasteiger partial charge is 0.275 e. The predicted octanol–water partition coefficient (Wildman–Crippen LogP) is 2.97. The summed E-state index contributed by atoms with van der Waals surface area (Å²) in [5.41, 5.74) is 4.22. The van der Waals surface area contributed by atoms with Gasteiger partial charge in [0, 0.05) is 42.4 Å². The Hall–Kier alpha value is -3.28. The molecule has 1 aliphatic heterocycles. The summed E-state index contributed by atoms with van der Waals surface area (Å²) in [4.78, 5) is 25.6. The average molecular weight is 363 g/mol. The number of para-hydroxylation sites is 1. The van der Waals surface area contributed by atoms with Gasteiger partial charge in [0.25, 0.3) is 5.56 Å². The molecule has 0 spiro atoms. The van der Waals surface area contributed by atoms with Crippen molar-refractivity contribution in [2.75, 3.05) is 5.32 Å². The van der Waals surface area contributed by atoms with E-state index in [1.807, 2.05) is 62.0 Å². The number of aromatic hydroxyl groups is 1. The zero-order chi connectivity index (χ0) is 19.3. The third kappa shape index (κ3) is 2.65. The maximum absolute atomic E-state index is 13.3. The van der Waals surface area contributed by atoms with Gasteiger partial charge in [0.1, 0.15) is 5.75 Å². The maximum atomic E-state index is 13.3. The van der Waals surface area contributed by atoms with E-state index in [9.17, 15) is 14.7 Å². The van der Waals surface area contributed by atoms with Crippen LogP contribution in [0.4, 0.5) is 5.69 Å². The van der Waals surface area contributed by atoms with Crippen LogP contribution in [0, 0.1) is 13.8 Å². The van der Waals surface area contributed by atoms with Gasteiger partial charge in [-0.1, -0.05) is 18.2 Å². The number of hydrogen-bond donors (Lipinski definition) is 2. The molecular formula is C21H21N3O3. The minimum atomic E-state index is -0.350. The first kappa shape index (κ1) is 17.1. The minimum Gasteiger partial charge on any atom is -0.508 e. The molecule has 6 heteroatoms. The molecule has 138 valence electrons. The van der Waals surface area contributed by atoms with Gasteiger partial charge in [-0.25, -0.2) is 4.68 Å². The first-order valence-electron chi connectivity index (χ1n) is 8.85. The van der Waals surface area contributed by atoms with Crippen molar-refractivity contribution in [1.82, 2.24) is 9.36 Å². The molecule has 1 atom stereocenters. The van der Waals surface area contributed by atoms with Gasteiger partial charge in [-0.05, 0) is 43.2 Å². The number of anilines is 1. The zero-order valence-electron chi connectivity index (χ0n) is 15.5. The largest absolute Gasteiger partial charge is 0.508 e. The molecule has 27 heavy (non-hydrogen) atoms. The molecule has 3 aromatic rings. The second kappa shape index (κ2) is 6.16. The molecule has 4 rings (SSSR count). The van der Waals surface area contributed by atoms with Crippen LogP contribution in [0.3, 0.4) is 0 Å². The molecule has 0 fully saturated rings. The van der Waals surface area contributed by atoms with Gasteiger partial charge in [0.05, 0.1) is 5.69 Å². The lowest BCUT2D eigenvalue weighted by Crippen LogP contribution is -2.28. The molecule has 0 saturated carbocycles. The molecule has 1 unspecified atom stereocenters. The van der Waals surface area contributed by atoms with Gasteiger partial charge in [0.2, 0.25) is 5.91 Å². The lowest BCUT2D eigenvalue weighted by atomic mass is 9.84. The van der Waals surface area contributed by atoms with E-state index in [2.05, 4.69) is 5.32 Å². The fourth-order valence-corrected chi connectivity index (χ4v) is 3.86. The number of aryl methyl sites for hydroxylation is 1. The number of phenols is 1. The highest BCUT2D eigenvalue weighted by Gasteiger charge is 2.32. The highest BCUT2D eigenvalue weighted by molar-refractivity contribution is 5.95. The Bertz CT molecular complexity index is 1110. The van der Waals surface area contributed by atoms with Crippen molar-refractivity contribution in [2.45, 2.75) is 26.2 Å². The summed E-state index contributed by atoms with van der Waals surface area (Å²) < 4.78 is 3.45. The summed E-state index contributed by atoms with van der Waals surface area (Å²) in [5, 5.41) is 12.8. The van der Waals surface area contributed by atoms with Crippen LogP contribution in [0.5, 0.6) is 5.75 Å². The molecule has 1 amide bonds. The summed E-state index contributed by atoms with van der Waals surface area (Å²) in [6.45, 7) is 3.71. The van der Waals surface area contributed by atoms with Gasteiger partial charge in [-0.2, -0.15) is 0 Å². The maximum Gasteiger partial charge on any atom is 0.275 e. The highest BCUT2D eigenvalue weighted by atomic mass is 16.3. The fraction of sp³-hybridized carbons (Fsp3) is 0.238. The van der Waals surface area contributed by atoms with E-state index in [4.69, 9.17) is 0 Å². The fourth-order valence-electron chi connectivity index (χ4n) is 3.86. The van der Waals surface area contributed by atoms with Crippen LogP contribution in [-0.2, 0) is 11.8 Å². The molecule has 2 N–H and O–H groups in total. The van der Waals surface area contributed by atoms with E-state index in [1.165, 1.54) is 0 Å². The third-order valence-corrected chi connectivity index (χ3v) is 5.35. The molecule has 0 radical (unpaired) electrons. The number of aromatic nitrogens is 2. The summed E-state index contributed by atoms with van der Waals surface area (Å²) >= 11 is 0. The Labute approximate surface area is 156 Å². The summed E-state index contributed by atoms with van der Waals surface area (Å²) in [7, 11) is 1.85. The molecule has 0 bridgehead atoms. The van der Waals surface area contributed by atoms with Crippen molar-refractivity contribution < 1.29 is 9.90 Å². The van der Waals surface area contributed by atoms with Crippen LogP contribution in [0.1, 0.15) is 34.7 Å². The Morgan fingerprint density at radius 1 is 1.11 bits per heavy atom. The van der Waals surface area contributed by atoms with Crippen molar-refractivity contribution in [3.05, 3.63) is 75.2 Å². The first-order chi connectivity index (χ1) is 12.9. The van der Waals surface area contributed by atoms with E-state index < -0.39 is 0 Å². The van der Waals surface area contributed by atoms with Gasteiger partial charge < -0.3 is 10.4 Å². The second-order valence-corrected chi connectivity index (χ2v) is 7.01. The average Bonchev–Trinajstić information content (AvgIpc) is 2.86. The Morgan fingerprint density at radius 3 is 2.52 bits per heavy atom. The Balaban J connectivity index is 1.95. The molecular weight excluding hydrogens is 342 g/mol. The molecule has 0 saturated heterocycles. The first-order valence-corrected chi connectivity index (χ1v) is 8.85. The predicted molar refractivity (Wildman–Crippen MR) is 104 cm³/mol. The lowest BCUT2D eigenvalue weighted by molar-refractivity contribution is -0.116. The van der Waals surface area contributed by atoms with E-state index in [0.29, 0.717) is 16.8 Å². The summed E-state index contributed by atoms with van der Waals surface area (Å²) in [6, 6.07) is 12.9. The van der Waals surface area contributed by atoms with Crippen LogP contribution < -0.4 is 10.9 Å². The Morgan fingerprint density at radius 2 is 1.81 bits per heavy atom. The molecule has 2 heterocycles. The van der Waals surface area contributed by atoms with Gasteiger partial charge in [0.15, 0.2) is 0 Å². The van der Waals surface area contributed by atoms with Crippen molar-refractivity contribution >= 4 is 11.6 Å². The Kier molecular flexibility index (Phi) is 3.91. The van der Waals surface area contributed by atoms with Crippen LogP contribution >= 0.6 is 0 Å². The highest BCUT2D eigenvalue weighted by Crippen LogP contribution is 2.40. The molecule has 2 aromatic carbocycles. The number of carbonyl (C=O) groups excluding carboxylic acids is 1. The third-order valence-electron chi connectivity index (χ3n) is 5.35. The summed E-state index contributed by atoms with van der Waals surface area (Å²) in [5.74, 6) is -0.387. The van der Waals surface area contributed by atoms with Gasteiger partial charge in [-0.15, -0.1) is 0 Å². The van der Waals surface area contributed by atoms with Crippen molar-refractivity contribution in [3.63, 3.8) is 0 Å². The van der Waals surface area contributed by atoms with E-state index in [1.54, 1.807) is 10.7 Å². The number of nitrogens with one attached hydrogen (secondary N) is 1. The van der Waals surface area contributed by atoms with E-state index in [0.717, 1.165) is 16.9 Å². The number of phenolic OH excluding ortho intramolecular Hbond substituents is 1. The minimum absolute atomic E-state index is 0.126. The number of nitrogens with zero attached hydrogens (tertiary/aromatic N) is 2. The van der Waals surface area contributed by atoms with Crippen LogP contribution in [-0.4, -0.2) is 20.4 Å². The molecule has 1 aromatic heterocycles. The second-order valence-electron chi connectivity index (χ2n) is 7.01. The van der Waals surface area contributed by atoms with Crippen molar-refractivity contribution in [2.24, 2.45) is 7.05 Å². The number of fused-ring (bicyclic) bond motifs is 1. The molecule has 0 aliphatic carbocycles. The number of benzene rings is 2. The summed E-state index contributed by atoms with van der Waals surface area (Å²) in [6.07, 6.45) is 0.200. The zero-order valence-corrected chi connectivity index (χ0v) is 15.5. The topological polar surface area (TPSA) is 76.3 Å². The standard InChI is InChI=1S/C21H21N3O3/c1-12-9-15-16(10-19(26)22-17(15)11-18(12)25)20-13(2)23(3)24(21(20)27)14-7-5-4-6-8-14/h4-9,11,16,25H,10H2,1-3H3,(H,22,26). The number of amides is 1. The van der Waals surface area contributed by atoms with Crippen molar-refractivity contribution in [1.29, 1.82) is 0 Å². The number of hydrogen-bond acceptors (Lipinski definition) is 3. The normalized spacial score (nSPS) is 16.1. The SMILES string of the molecule is Cc1cc2c(cc1O)NC(=O)CC2c1c(C)n(C)n(-c2ccccc2)c1=O. The van der Waals surface area contributed by atoms with Crippen molar-refractivity contribution in [3.8, 4) is 11.4 Å². The van der Waals surface area contributed by atoms with E-state index >= 15 is 0 Å². The number of carbonyl (C=O) groups is 1. The monoisotopic (exact) mass is 363 g/mol. The molecule has 6 nitrogen and oxygen atoms in total. The van der Waals surface area contributed by atoms with E-state index in [-0.39, 0.29) is 29.6 Å². The van der Waals surface area contributed by atoms with Crippen LogP contribution in [0.2, 0.25) is 0 Å². The number of rotatable bonds is 2. The van der Waals surface area contributed by atoms with Crippen LogP contribution in [0.25, 0.3) is 5.69 Å². The lowest BCUT2D eigenvalue weighted by Gasteiger charge is -2.26. The molecule has 1 aliphatic rings. The van der Waals surface area contributed by atoms with Crippen LogP contribution in [0.15, 0.2) is 47.3 Å². The van der Waals surface area contributed by atoms with Gasteiger partial charge in [-0.3, -0.25) is 14.3 Å².